The maximum Gasteiger partial charge on any atom is 0.250 e. The number of nitrogens with zero attached hydrogens (tertiary/aromatic N) is 2. The lowest BCUT2D eigenvalue weighted by atomic mass is 10.0. The first kappa shape index (κ1) is 23.9. The first-order chi connectivity index (χ1) is 16.2. The Morgan fingerprint density at radius 1 is 1.03 bits per heavy atom. The topological polar surface area (TPSA) is 130 Å². The summed E-state index contributed by atoms with van der Waals surface area (Å²) in [7, 11) is -3.58. The monoisotopic (exact) mass is 484 g/mol. The van der Waals surface area contributed by atoms with Gasteiger partial charge in [0, 0.05) is 31.7 Å². The van der Waals surface area contributed by atoms with Crippen molar-refractivity contribution in [3.05, 3.63) is 54.1 Å². The highest BCUT2D eigenvalue weighted by molar-refractivity contribution is 7.89. The van der Waals surface area contributed by atoms with Gasteiger partial charge in [0.2, 0.25) is 21.8 Å². The van der Waals surface area contributed by atoms with Crippen LogP contribution in [-0.2, 0) is 19.6 Å². The average molecular weight is 485 g/mol. The summed E-state index contributed by atoms with van der Waals surface area (Å²) in [5.74, 6) is -1.38. The molecule has 34 heavy (non-hydrogen) atoms. The predicted molar refractivity (Wildman–Crippen MR) is 128 cm³/mol. The molecule has 3 N–H and O–H groups in total. The predicted octanol–water partition coefficient (Wildman–Crippen LogP) is 2.20. The normalized spacial score (nSPS) is 19.9. The minimum atomic E-state index is -3.58. The second-order valence-electron chi connectivity index (χ2n) is 8.88. The van der Waals surface area contributed by atoms with E-state index in [2.05, 4.69) is 12.2 Å². The van der Waals surface area contributed by atoms with E-state index in [1.807, 2.05) is 0 Å². The standard InChI is InChI=1S/C24H28N4O5S/c1-16-10-12-27(13-11-16)34(32,33)19-8-6-18(7-9-19)28-15-17(14-22(28)29)24(31)26-21-5-3-2-4-20(21)23(25)30/h2-9,16-17H,10-15H2,1H3,(H2,25,30)(H,26,31). The maximum absolute atomic E-state index is 12.9. The molecule has 2 aliphatic rings. The number of nitrogens with two attached hydrogens (primary N) is 1. The minimum Gasteiger partial charge on any atom is -0.366 e. The van der Waals surface area contributed by atoms with E-state index in [4.69, 9.17) is 5.73 Å². The van der Waals surface area contributed by atoms with E-state index in [9.17, 15) is 22.8 Å². The SMILES string of the molecule is CC1CCN(S(=O)(=O)c2ccc(N3CC(C(=O)Nc4ccccc4C(N)=O)CC3=O)cc2)CC1. The van der Waals surface area contributed by atoms with E-state index in [0.717, 1.165) is 12.8 Å². The highest BCUT2D eigenvalue weighted by Gasteiger charge is 2.36. The Morgan fingerprint density at radius 2 is 1.68 bits per heavy atom. The zero-order valence-electron chi connectivity index (χ0n) is 18.9. The number of carbonyl (C=O) groups is 3. The van der Waals surface area contributed by atoms with Gasteiger partial charge < -0.3 is 16.0 Å². The van der Waals surface area contributed by atoms with Gasteiger partial charge in [0.1, 0.15) is 0 Å². The number of nitrogens with one attached hydrogen (secondary N) is 1. The number of primary amides is 1. The Kier molecular flexibility index (Phi) is 6.72. The lowest BCUT2D eigenvalue weighted by molar-refractivity contribution is -0.122. The van der Waals surface area contributed by atoms with Crippen LogP contribution in [0.25, 0.3) is 0 Å². The molecule has 2 aromatic carbocycles. The van der Waals surface area contributed by atoms with Gasteiger partial charge in [-0.25, -0.2) is 8.42 Å². The molecular weight excluding hydrogens is 456 g/mol. The van der Waals surface area contributed by atoms with E-state index in [1.165, 1.54) is 27.4 Å². The molecule has 0 spiro atoms. The zero-order chi connectivity index (χ0) is 24.5. The zero-order valence-corrected chi connectivity index (χ0v) is 19.8. The Labute approximate surface area is 199 Å². The van der Waals surface area contributed by atoms with Gasteiger partial charge in [0.05, 0.1) is 22.1 Å². The molecule has 180 valence electrons. The van der Waals surface area contributed by atoms with Gasteiger partial charge in [-0.15, -0.1) is 0 Å². The number of hydrogen-bond donors (Lipinski definition) is 2. The maximum atomic E-state index is 12.9. The van der Waals surface area contributed by atoms with Crippen LogP contribution in [0.15, 0.2) is 53.4 Å². The summed E-state index contributed by atoms with van der Waals surface area (Å²) in [5.41, 5.74) is 6.38. The summed E-state index contributed by atoms with van der Waals surface area (Å²) >= 11 is 0. The smallest absolute Gasteiger partial charge is 0.250 e. The van der Waals surface area contributed by atoms with Crippen molar-refractivity contribution >= 4 is 39.1 Å². The highest BCUT2D eigenvalue weighted by atomic mass is 32.2. The third kappa shape index (κ3) is 4.83. The first-order valence-electron chi connectivity index (χ1n) is 11.3. The van der Waals surface area contributed by atoms with Crippen molar-refractivity contribution in [2.75, 3.05) is 29.9 Å². The fourth-order valence-electron chi connectivity index (χ4n) is 4.35. The van der Waals surface area contributed by atoms with Gasteiger partial charge in [0.15, 0.2) is 0 Å². The molecule has 3 amide bonds. The van der Waals surface area contributed by atoms with Crippen molar-refractivity contribution < 1.29 is 22.8 Å². The number of para-hydroxylation sites is 1. The largest absolute Gasteiger partial charge is 0.366 e. The van der Waals surface area contributed by atoms with Crippen LogP contribution in [0.3, 0.4) is 0 Å². The summed E-state index contributed by atoms with van der Waals surface area (Å²) < 4.78 is 27.4. The highest BCUT2D eigenvalue weighted by Crippen LogP contribution is 2.29. The van der Waals surface area contributed by atoms with Gasteiger partial charge in [-0.1, -0.05) is 19.1 Å². The molecule has 10 heteroatoms. The summed E-state index contributed by atoms with van der Waals surface area (Å²) in [4.78, 5) is 38.6. The number of carbonyl (C=O) groups excluding carboxylic acids is 3. The van der Waals surface area contributed by atoms with Crippen LogP contribution in [0.1, 0.15) is 36.5 Å². The molecule has 1 atom stereocenters. The van der Waals surface area contributed by atoms with Crippen molar-refractivity contribution in [1.29, 1.82) is 0 Å². The summed E-state index contributed by atoms with van der Waals surface area (Å²) in [6.07, 6.45) is 1.69. The molecule has 0 radical (unpaired) electrons. The number of amides is 3. The summed E-state index contributed by atoms with van der Waals surface area (Å²) in [6, 6.07) is 12.6. The Bertz CT molecular complexity index is 1200. The second kappa shape index (κ2) is 9.55. The number of hydrogen-bond acceptors (Lipinski definition) is 5. The van der Waals surface area contributed by atoms with Crippen LogP contribution in [0.4, 0.5) is 11.4 Å². The van der Waals surface area contributed by atoms with Crippen LogP contribution in [0.2, 0.25) is 0 Å². The molecule has 1 unspecified atom stereocenters. The Hall–Kier alpha value is -3.24. The fraction of sp³-hybridized carbons (Fsp3) is 0.375. The van der Waals surface area contributed by atoms with Crippen molar-refractivity contribution in [2.45, 2.75) is 31.1 Å². The lowest BCUT2D eigenvalue weighted by Gasteiger charge is -2.29. The van der Waals surface area contributed by atoms with Crippen LogP contribution >= 0.6 is 0 Å². The molecule has 0 bridgehead atoms. The molecule has 2 heterocycles. The Morgan fingerprint density at radius 3 is 2.32 bits per heavy atom. The summed E-state index contributed by atoms with van der Waals surface area (Å²) in [5, 5.41) is 2.69. The molecule has 2 aliphatic heterocycles. The van der Waals surface area contributed by atoms with E-state index < -0.39 is 21.8 Å². The quantitative estimate of drug-likeness (QED) is 0.649. The van der Waals surface area contributed by atoms with Gasteiger partial charge in [0.25, 0.3) is 5.91 Å². The number of sulfonamides is 1. The molecule has 4 rings (SSSR count). The lowest BCUT2D eigenvalue weighted by Crippen LogP contribution is -2.37. The van der Waals surface area contributed by atoms with Gasteiger partial charge in [-0.3, -0.25) is 14.4 Å². The van der Waals surface area contributed by atoms with Gasteiger partial charge in [-0.05, 0) is 55.2 Å². The third-order valence-corrected chi connectivity index (χ3v) is 8.39. The minimum absolute atomic E-state index is 0.0105. The molecule has 2 aromatic rings. The molecule has 2 fully saturated rings. The summed E-state index contributed by atoms with van der Waals surface area (Å²) in [6.45, 7) is 3.28. The van der Waals surface area contributed by atoms with Crippen molar-refractivity contribution in [1.82, 2.24) is 4.31 Å². The Balaban J connectivity index is 1.44. The van der Waals surface area contributed by atoms with Crippen LogP contribution in [0.5, 0.6) is 0 Å². The van der Waals surface area contributed by atoms with Gasteiger partial charge >= 0.3 is 0 Å². The average Bonchev–Trinajstić information content (AvgIpc) is 3.21. The molecule has 9 nitrogen and oxygen atoms in total. The second-order valence-corrected chi connectivity index (χ2v) is 10.8. The molecule has 0 saturated carbocycles. The molecule has 0 aliphatic carbocycles. The van der Waals surface area contributed by atoms with E-state index in [-0.39, 0.29) is 35.2 Å². The molecular formula is C24H28N4O5S. The fourth-order valence-corrected chi connectivity index (χ4v) is 5.82. The van der Waals surface area contributed by atoms with Crippen molar-refractivity contribution in [3.63, 3.8) is 0 Å². The number of rotatable bonds is 6. The van der Waals surface area contributed by atoms with Crippen molar-refractivity contribution in [2.24, 2.45) is 17.6 Å². The van der Waals surface area contributed by atoms with E-state index >= 15 is 0 Å². The van der Waals surface area contributed by atoms with Gasteiger partial charge in [-0.2, -0.15) is 4.31 Å². The van der Waals surface area contributed by atoms with E-state index in [1.54, 1.807) is 30.3 Å². The third-order valence-electron chi connectivity index (χ3n) is 6.47. The van der Waals surface area contributed by atoms with Crippen LogP contribution in [0, 0.1) is 11.8 Å². The van der Waals surface area contributed by atoms with Crippen molar-refractivity contribution in [3.8, 4) is 0 Å². The number of anilines is 2. The first-order valence-corrected chi connectivity index (χ1v) is 12.7. The van der Waals surface area contributed by atoms with Crippen LogP contribution < -0.4 is 16.0 Å². The number of benzene rings is 2. The number of piperidine rings is 1. The molecule has 0 aromatic heterocycles. The van der Waals surface area contributed by atoms with Crippen LogP contribution in [-0.4, -0.2) is 50.1 Å². The van der Waals surface area contributed by atoms with E-state index in [0.29, 0.717) is 30.4 Å². The molecule has 2 saturated heterocycles.